The van der Waals surface area contributed by atoms with E-state index < -0.39 is 10.0 Å². The second-order valence-corrected chi connectivity index (χ2v) is 8.38. The summed E-state index contributed by atoms with van der Waals surface area (Å²) in [4.78, 5) is 2.12. The Morgan fingerprint density at radius 3 is 2.82 bits per heavy atom. The first-order valence-electron chi connectivity index (χ1n) is 5.81. The van der Waals surface area contributed by atoms with Gasteiger partial charge in [-0.1, -0.05) is 0 Å². The molecular weight excluding hydrogens is 303 g/mol. The Morgan fingerprint density at radius 2 is 2.24 bits per heavy atom. The van der Waals surface area contributed by atoms with Crippen LogP contribution in [0.4, 0.5) is 0 Å². The van der Waals surface area contributed by atoms with Gasteiger partial charge in [-0.05, 0) is 0 Å². The SMILES string of the molecule is N#C[Se]CCCNS(=O)(=O)C1CC2C=CC1C2. The molecule has 17 heavy (non-hydrogen) atoms. The van der Waals surface area contributed by atoms with Crippen molar-refractivity contribution in [2.24, 2.45) is 11.8 Å². The number of nitrogens with one attached hydrogen (secondary N) is 1. The zero-order chi connectivity index (χ0) is 12.3. The van der Waals surface area contributed by atoms with E-state index in [1.54, 1.807) is 0 Å². The second-order valence-electron chi connectivity index (χ2n) is 4.55. The minimum atomic E-state index is -3.16. The fourth-order valence-electron chi connectivity index (χ4n) is 2.60. The van der Waals surface area contributed by atoms with Crippen LogP contribution in [0.2, 0.25) is 5.32 Å². The number of hydrogen-bond donors (Lipinski definition) is 1. The molecule has 3 unspecified atom stereocenters. The van der Waals surface area contributed by atoms with Crippen molar-refractivity contribution in [1.29, 1.82) is 5.26 Å². The van der Waals surface area contributed by atoms with Gasteiger partial charge in [0.15, 0.2) is 0 Å². The molecule has 1 saturated carbocycles. The molecule has 0 aromatic carbocycles. The molecule has 0 heterocycles. The van der Waals surface area contributed by atoms with Crippen molar-refractivity contribution in [3.63, 3.8) is 0 Å². The van der Waals surface area contributed by atoms with E-state index in [1.165, 1.54) is 0 Å². The molecule has 2 bridgehead atoms. The molecule has 3 atom stereocenters. The molecule has 94 valence electrons. The Kier molecular flexibility index (Phi) is 4.26. The zero-order valence-corrected chi connectivity index (χ0v) is 12.0. The monoisotopic (exact) mass is 320 g/mol. The molecule has 0 amide bonds. The number of hydrogen-bond acceptors (Lipinski definition) is 3. The van der Waals surface area contributed by atoms with Crippen molar-refractivity contribution in [3.8, 4) is 4.97 Å². The summed E-state index contributed by atoms with van der Waals surface area (Å²) in [5.41, 5.74) is 0. The molecule has 2 aliphatic carbocycles. The molecule has 1 fully saturated rings. The first kappa shape index (κ1) is 13.1. The Balaban J connectivity index is 1.80. The third-order valence-electron chi connectivity index (χ3n) is 3.41. The van der Waals surface area contributed by atoms with Crippen LogP contribution < -0.4 is 4.72 Å². The molecule has 4 nitrogen and oxygen atoms in total. The van der Waals surface area contributed by atoms with Crippen LogP contribution in [0.3, 0.4) is 0 Å². The van der Waals surface area contributed by atoms with Crippen molar-refractivity contribution in [2.75, 3.05) is 6.54 Å². The van der Waals surface area contributed by atoms with Crippen LogP contribution in [0.5, 0.6) is 0 Å². The summed E-state index contributed by atoms with van der Waals surface area (Å²) in [7, 11) is -3.16. The third-order valence-corrected chi connectivity index (χ3v) is 6.66. The van der Waals surface area contributed by atoms with Crippen molar-refractivity contribution < 1.29 is 8.42 Å². The Bertz CT molecular complexity index is 441. The van der Waals surface area contributed by atoms with Gasteiger partial charge >= 0.3 is 109 Å². The van der Waals surface area contributed by atoms with E-state index in [-0.39, 0.29) is 26.1 Å². The fourth-order valence-corrected chi connectivity index (χ4v) is 5.20. The summed E-state index contributed by atoms with van der Waals surface area (Å²) in [6, 6.07) is 0. The van der Waals surface area contributed by atoms with Crippen LogP contribution in [0.25, 0.3) is 0 Å². The maximum atomic E-state index is 12.1. The summed E-state index contributed by atoms with van der Waals surface area (Å²) >= 11 is 0.000601. The predicted molar refractivity (Wildman–Crippen MR) is 66.9 cm³/mol. The fraction of sp³-hybridized carbons (Fsp3) is 0.727. The first-order chi connectivity index (χ1) is 8.13. The van der Waals surface area contributed by atoms with Gasteiger partial charge in [-0.15, -0.1) is 0 Å². The van der Waals surface area contributed by atoms with Crippen molar-refractivity contribution in [2.45, 2.75) is 29.8 Å². The van der Waals surface area contributed by atoms with Gasteiger partial charge in [0.1, 0.15) is 0 Å². The van der Waals surface area contributed by atoms with E-state index in [1.807, 2.05) is 0 Å². The average Bonchev–Trinajstić information content (AvgIpc) is 2.90. The first-order valence-corrected chi connectivity index (χ1v) is 9.42. The van der Waals surface area contributed by atoms with E-state index in [4.69, 9.17) is 5.26 Å². The van der Waals surface area contributed by atoms with Crippen molar-refractivity contribution in [1.82, 2.24) is 4.72 Å². The van der Waals surface area contributed by atoms with Crippen LogP contribution in [0.1, 0.15) is 19.3 Å². The Hall–Kier alpha value is -0.341. The Labute approximate surface area is 109 Å². The molecule has 0 aromatic heterocycles. The third kappa shape index (κ3) is 3.11. The average molecular weight is 319 g/mol. The minimum absolute atomic E-state index is 0.000601. The summed E-state index contributed by atoms with van der Waals surface area (Å²) in [5, 5.41) is 9.00. The number of allylic oxidation sites excluding steroid dienone is 2. The van der Waals surface area contributed by atoms with Gasteiger partial charge in [0, 0.05) is 0 Å². The summed E-state index contributed by atoms with van der Waals surface area (Å²) in [6.45, 7) is 0.476. The van der Waals surface area contributed by atoms with Gasteiger partial charge in [0.05, 0.1) is 0 Å². The molecule has 0 saturated heterocycles. The van der Waals surface area contributed by atoms with Gasteiger partial charge in [0.25, 0.3) is 0 Å². The molecule has 0 spiro atoms. The number of fused-ring (bicyclic) bond motifs is 2. The van der Waals surface area contributed by atoms with Gasteiger partial charge in [-0.3, -0.25) is 0 Å². The molecule has 2 rings (SSSR count). The molecule has 0 aromatic rings. The molecule has 0 aliphatic heterocycles. The van der Waals surface area contributed by atoms with Crippen LogP contribution >= 0.6 is 0 Å². The molecule has 2 aliphatic rings. The van der Waals surface area contributed by atoms with E-state index in [0.717, 1.165) is 24.6 Å². The van der Waals surface area contributed by atoms with E-state index in [0.29, 0.717) is 12.5 Å². The van der Waals surface area contributed by atoms with Crippen LogP contribution in [0.15, 0.2) is 12.2 Å². The number of rotatable bonds is 6. The van der Waals surface area contributed by atoms with Crippen molar-refractivity contribution >= 4 is 25.0 Å². The molecule has 1 N–H and O–H groups in total. The topological polar surface area (TPSA) is 70.0 Å². The van der Waals surface area contributed by atoms with E-state index >= 15 is 0 Å². The maximum absolute atomic E-state index is 12.1. The zero-order valence-electron chi connectivity index (χ0n) is 9.50. The molecule has 6 heteroatoms. The summed E-state index contributed by atoms with van der Waals surface area (Å²) in [6.07, 6.45) is 6.74. The Morgan fingerprint density at radius 1 is 1.41 bits per heavy atom. The van der Waals surface area contributed by atoms with E-state index in [9.17, 15) is 8.42 Å². The van der Waals surface area contributed by atoms with Crippen LogP contribution in [0, 0.1) is 22.1 Å². The molecule has 0 radical (unpaired) electrons. The van der Waals surface area contributed by atoms with Crippen molar-refractivity contribution in [3.05, 3.63) is 12.2 Å². The van der Waals surface area contributed by atoms with Gasteiger partial charge < -0.3 is 0 Å². The summed E-state index contributed by atoms with van der Waals surface area (Å²) in [5.74, 6) is 0.698. The van der Waals surface area contributed by atoms with Crippen LogP contribution in [-0.4, -0.2) is 35.2 Å². The quantitative estimate of drug-likeness (QED) is 0.448. The molecular formula is C11H16N2O2SSe. The van der Waals surface area contributed by atoms with Gasteiger partial charge in [-0.2, -0.15) is 0 Å². The number of nitriles is 1. The second kappa shape index (κ2) is 5.53. The number of sulfonamides is 1. The number of nitrogens with zero attached hydrogens (tertiary/aromatic N) is 1. The normalized spacial score (nSPS) is 30.6. The standard InChI is InChI=1S/C11H16N2O2SSe/c12-8-17-5-1-4-13-16(14,15)11-7-9-2-3-10(11)6-9/h2-3,9-11,13H,1,4-7H2. The predicted octanol–water partition coefficient (Wildman–Crippen LogP) is 0.864. The van der Waals surface area contributed by atoms with E-state index in [2.05, 4.69) is 21.8 Å². The van der Waals surface area contributed by atoms with Gasteiger partial charge in [0.2, 0.25) is 0 Å². The van der Waals surface area contributed by atoms with Crippen LogP contribution in [-0.2, 0) is 10.0 Å². The van der Waals surface area contributed by atoms with Gasteiger partial charge in [-0.25, -0.2) is 0 Å². The summed E-state index contributed by atoms with van der Waals surface area (Å²) < 4.78 is 26.8.